The molecule has 132 valence electrons. The summed E-state index contributed by atoms with van der Waals surface area (Å²) in [4.78, 5) is 25.8. The van der Waals surface area contributed by atoms with E-state index >= 15 is 0 Å². The van der Waals surface area contributed by atoms with Gasteiger partial charge in [0.25, 0.3) is 5.91 Å². The molecule has 2 heterocycles. The molecule has 0 spiro atoms. The van der Waals surface area contributed by atoms with Crippen molar-refractivity contribution in [2.24, 2.45) is 0 Å². The van der Waals surface area contributed by atoms with Crippen molar-refractivity contribution in [1.82, 2.24) is 14.9 Å². The molecule has 1 N–H and O–H groups in total. The molecule has 3 rings (SSSR count). The molecule has 0 radical (unpaired) electrons. The molecule has 7 heteroatoms. The fraction of sp³-hybridized carbons (Fsp3) is 0.389. The summed E-state index contributed by atoms with van der Waals surface area (Å²) in [5.74, 6) is -0.0880. The first-order valence-corrected chi connectivity index (χ1v) is 8.45. The van der Waals surface area contributed by atoms with Crippen molar-refractivity contribution in [3.8, 4) is 0 Å². The molecule has 0 saturated carbocycles. The van der Waals surface area contributed by atoms with Crippen LogP contribution in [0.25, 0.3) is 0 Å². The summed E-state index contributed by atoms with van der Waals surface area (Å²) < 4.78 is 13.0. The number of aromatic nitrogens is 2. The van der Waals surface area contributed by atoms with Crippen LogP contribution in [-0.2, 0) is 0 Å². The van der Waals surface area contributed by atoms with Crippen LogP contribution >= 0.6 is 0 Å². The number of benzene rings is 1. The number of nitrogens with zero attached hydrogens (tertiary/aromatic N) is 4. The Balaban J connectivity index is 1.74. The van der Waals surface area contributed by atoms with E-state index in [1.807, 2.05) is 6.92 Å². The average molecular weight is 343 g/mol. The molecule has 0 aliphatic carbocycles. The highest BCUT2D eigenvalue weighted by Crippen LogP contribution is 2.15. The smallest absolute Gasteiger partial charge is 0.274 e. The molecule has 25 heavy (non-hydrogen) atoms. The maximum atomic E-state index is 13.0. The highest BCUT2D eigenvalue weighted by molar-refractivity contribution is 6.03. The maximum absolute atomic E-state index is 13.0. The van der Waals surface area contributed by atoms with Gasteiger partial charge in [0, 0.05) is 37.6 Å². The van der Waals surface area contributed by atoms with Gasteiger partial charge in [-0.05, 0) is 43.8 Å². The van der Waals surface area contributed by atoms with Gasteiger partial charge in [-0.25, -0.2) is 14.4 Å². The van der Waals surface area contributed by atoms with Gasteiger partial charge < -0.3 is 15.1 Å². The Hall–Kier alpha value is -2.54. The number of piperazine rings is 1. The SMILES string of the molecule is CCN1CCN(c2nc(C)cc(C(=O)Nc3ccc(F)cc3)n2)CC1. The number of amides is 1. The molecule has 0 bridgehead atoms. The molecule has 2 aromatic rings. The summed E-state index contributed by atoms with van der Waals surface area (Å²) in [6.45, 7) is 8.65. The third kappa shape index (κ3) is 4.30. The standard InChI is InChI=1S/C18H22FN5O/c1-3-23-8-10-24(11-9-23)18-20-13(2)12-16(22-18)17(25)21-15-6-4-14(19)5-7-15/h4-7,12H,3,8-11H2,1-2H3,(H,21,25). The second-order valence-electron chi connectivity index (χ2n) is 6.08. The highest BCUT2D eigenvalue weighted by atomic mass is 19.1. The van der Waals surface area contributed by atoms with Crippen LogP contribution in [0.15, 0.2) is 30.3 Å². The Labute approximate surface area is 146 Å². The molecule has 1 aliphatic heterocycles. The number of anilines is 2. The van der Waals surface area contributed by atoms with Gasteiger partial charge in [-0.1, -0.05) is 6.92 Å². The van der Waals surface area contributed by atoms with Crippen molar-refractivity contribution < 1.29 is 9.18 Å². The number of aryl methyl sites for hydroxylation is 1. The first-order chi connectivity index (χ1) is 12.0. The first-order valence-electron chi connectivity index (χ1n) is 8.45. The molecule has 1 saturated heterocycles. The molecular weight excluding hydrogens is 321 g/mol. The number of carbonyl (C=O) groups is 1. The van der Waals surface area contributed by atoms with E-state index in [9.17, 15) is 9.18 Å². The van der Waals surface area contributed by atoms with E-state index in [0.29, 0.717) is 17.3 Å². The molecule has 0 unspecified atom stereocenters. The Bertz CT molecular complexity index is 742. The first kappa shape index (κ1) is 17.3. The molecule has 1 fully saturated rings. The second kappa shape index (κ2) is 7.57. The van der Waals surface area contributed by atoms with Gasteiger partial charge in [-0.15, -0.1) is 0 Å². The number of carbonyl (C=O) groups excluding carboxylic acids is 1. The van der Waals surface area contributed by atoms with Gasteiger partial charge in [-0.2, -0.15) is 0 Å². The summed E-state index contributed by atoms with van der Waals surface area (Å²) >= 11 is 0. The quantitative estimate of drug-likeness (QED) is 0.923. The lowest BCUT2D eigenvalue weighted by molar-refractivity contribution is 0.102. The summed E-state index contributed by atoms with van der Waals surface area (Å²) in [6, 6.07) is 7.31. The Morgan fingerprint density at radius 3 is 2.48 bits per heavy atom. The van der Waals surface area contributed by atoms with Crippen molar-refractivity contribution in [1.29, 1.82) is 0 Å². The zero-order valence-electron chi connectivity index (χ0n) is 14.5. The van der Waals surface area contributed by atoms with Gasteiger partial charge >= 0.3 is 0 Å². The average Bonchev–Trinajstić information content (AvgIpc) is 2.63. The van der Waals surface area contributed by atoms with Crippen LogP contribution in [-0.4, -0.2) is 53.5 Å². The topological polar surface area (TPSA) is 61.4 Å². The maximum Gasteiger partial charge on any atom is 0.274 e. The Morgan fingerprint density at radius 2 is 1.84 bits per heavy atom. The summed E-state index contributed by atoms with van der Waals surface area (Å²) in [7, 11) is 0. The van der Waals surface area contributed by atoms with Crippen LogP contribution in [0.3, 0.4) is 0 Å². The van der Waals surface area contributed by atoms with Gasteiger partial charge in [0.05, 0.1) is 0 Å². The van der Waals surface area contributed by atoms with Crippen molar-refractivity contribution in [2.75, 3.05) is 42.9 Å². The summed E-state index contributed by atoms with van der Waals surface area (Å²) in [5.41, 5.74) is 1.58. The minimum Gasteiger partial charge on any atom is -0.338 e. The number of halogens is 1. The van der Waals surface area contributed by atoms with E-state index in [1.54, 1.807) is 6.07 Å². The van der Waals surface area contributed by atoms with Gasteiger partial charge in [-0.3, -0.25) is 4.79 Å². The number of hydrogen-bond acceptors (Lipinski definition) is 5. The summed E-state index contributed by atoms with van der Waals surface area (Å²) in [6.07, 6.45) is 0. The normalized spacial score (nSPS) is 15.2. The van der Waals surface area contributed by atoms with Crippen LogP contribution in [0.2, 0.25) is 0 Å². The summed E-state index contributed by atoms with van der Waals surface area (Å²) in [5, 5.41) is 2.74. The van der Waals surface area contributed by atoms with E-state index in [4.69, 9.17) is 0 Å². The van der Waals surface area contributed by atoms with Crippen LogP contribution in [0.4, 0.5) is 16.0 Å². The van der Waals surface area contributed by atoms with Gasteiger partial charge in [0.15, 0.2) is 0 Å². The zero-order chi connectivity index (χ0) is 17.8. The van der Waals surface area contributed by atoms with Crippen molar-refractivity contribution in [3.05, 3.63) is 47.5 Å². The second-order valence-corrected chi connectivity index (χ2v) is 6.08. The fourth-order valence-electron chi connectivity index (χ4n) is 2.80. The molecular formula is C18H22FN5O. The lowest BCUT2D eigenvalue weighted by Crippen LogP contribution is -2.47. The minimum absolute atomic E-state index is 0.310. The fourth-order valence-corrected chi connectivity index (χ4v) is 2.80. The minimum atomic E-state index is -0.343. The van der Waals surface area contributed by atoms with Gasteiger partial charge in [0.1, 0.15) is 11.5 Å². The van der Waals surface area contributed by atoms with Crippen LogP contribution < -0.4 is 10.2 Å². The molecule has 6 nitrogen and oxygen atoms in total. The van der Waals surface area contributed by atoms with E-state index in [0.717, 1.165) is 38.4 Å². The number of hydrogen-bond donors (Lipinski definition) is 1. The van der Waals surface area contributed by atoms with E-state index in [2.05, 4.69) is 32.0 Å². The molecule has 1 amide bonds. The molecule has 1 aliphatic rings. The molecule has 0 atom stereocenters. The van der Waals surface area contributed by atoms with E-state index < -0.39 is 0 Å². The van der Waals surface area contributed by atoms with Crippen LogP contribution in [0, 0.1) is 12.7 Å². The van der Waals surface area contributed by atoms with Gasteiger partial charge in [0.2, 0.25) is 5.95 Å². The van der Waals surface area contributed by atoms with Crippen molar-refractivity contribution in [2.45, 2.75) is 13.8 Å². The number of nitrogens with one attached hydrogen (secondary N) is 1. The monoisotopic (exact) mass is 343 g/mol. The lowest BCUT2D eigenvalue weighted by atomic mass is 10.2. The lowest BCUT2D eigenvalue weighted by Gasteiger charge is -2.34. The van der Waals surface area contributed by atoms with E-state index in [1.165, 1.54) is 24.3 Å². The third-order valence-corrected chi connectivity index (χ3v) is 4.28. The van der Waals surface area contributed by atoms with E-state index in [-0.39, 0.29) is 11.7 Å². The largest absolute Gasteiger partial charge is 0.338 e. The number of rotatable bonds is 4. The van der Waals surface area contributed by atoms with Crippen LogP contribution in [0.5, 0.6) is 0 Å². The highest BCUT2D eigenvalue weighted by Gasteiger charge is 2.20. The molecule has 1 aromatic heterocycles. The Kier molecular flexibility index (Phi) is 5.23. The predicted molar refractivity (Wildman–Crippen MR) is 95.4 cm³/mol. The van der Waals surface area contributed by atoms with Crippen molar-refractivity contribution in [3.63, 3.8) is 0 Å². The number of likely N-dealkylation sites (N-methyl/N-ethyl adjacent to an activating group) is 1. The molecule has 1 aromatic carbocycles. The van der Waals surface area contributed by atoms with Crippen molar-refractivity contribution >= 4 is 17.5 Å². The Morgan fingerprint density at radius 1 is 1.16 bits per heavy atom. The third-order valence-electron chi connectivity index (χ3n) is 4.28. The van der Waals surface area contributed by atoms with Crippen LogP contribution in [0.1, 0.15) is 23.1 Å². The zero-order valence-corrected chi connectivity index (χ0v) is 14.5. The predicted octanol–water partition coefficient (Wildman–Crippen LogP) is 2.32.